The number of carbonyl (C=O) groups excluding carboxylic acids is 1. The lowest BCUT2D eigenvalue weighted by Crippen LogP contribution is -2.22. The molecule has 0 aromatic heterocycles. The van der Waals surface area contributed by atoms with Crippen LogP contribution in [0.3, 0.4) is 0 Å². The fourth-order valence-corrected chi connectivity index (χ4v) is 2.09. The lowest BCUT2D eigenvalue weighted by Gasteiger charge is -2.07. The first-order chi connectivity index (χ1) is 10.1. The second-order valence-electron chi connectivity index (χ2n) is 4.67. The second-order valence-corrected chi connectivity index (χ2v) is 5.07. The number of amides is 1. The van der Waals surface area contributed by atoms with Crippen LogP contribution in [0.25, 0.3) is 0 Å². The van der Waals surface area contributed by atoms with Crippen LogP contribution in [0.15, 0.2) is 42.5 Å². The van der Waals surface area contributed by atoms with Crippen molar-refractivity contribution in [3.8, 4) is 0 Å². The summed E-state index contributed by atoms with van der Waals surface area (Å²) in [6.45, 7) is 1.01. The Morgan fingerprint density at radius 1 is 1.14 bits per heavy atom. The van der Waals surface area contributed by atoms with Gasteiger partial charge in [0.05, 0.1) is 5.02 Å². The molecule has 0 spiro atoms. The summed E-state index contributed by atoms with van der Waals surface area (Å²) in [5.74, 6) is -0.827. The molecule has 0 aliphatic heterocycles. The number of hydrogen-bond donors (Lipinski definition) is 2. The second kappa shape index (κ2) is 7.20. The summed E-state index contributed by atoms with van der Waals surface area (Å²) in [4.78, 5) is 11.9. The van der Waals surface area contributed by atoms with Crippen molar-refractivity contribution in [1.29, 1.82) is 0 Å². The van der Waals surface area contributed by atoms with E-state index in [1.54, 1.807) is 0 Å². The molecular weight excluding hydrogens is 291 g/mol. The molecule has 0 heterocycles. The summed E-state index contributed by atoms with van der Waals surface area (Å²) < 4.78 is 13.0. The van der Waals surface area contributed by atoms with E-state index < -0.39 is 5.82 Å². The molecule has 0 saturated heterocycles. The van der Waals surface area contributed by atoms with Gasteiger partial charge >= 0.3 is 0 Å². The Kier molecular flexibility index (Phi) is 5.31. The fraction of sp³-hybridized carbons (Fsp3) is 0.188. The lowest BCUT2D eigenvalue weighted by atomic mass is 10.1. The largest absolute Gasteiger partial charge is 0.348 e. The highest BCUT2D eigenvalue weighted by Gasteiger charge is 2.08. The molecule has 0 unspecified atom stereocenters. The molecule has 2 rings (SSSR count). The van der Waals surface area contributed by atoms with Crippen LogP contribution in [-0.2, 0) is 13.0 Å². The molecule has 2 aromatic carbocycles. The first kappa shape index (κ1) is 15.5. The minimum atomic E-state index is -0.538. The van der Waals surface area contributed by atoms with Crippen molar-refractivity contribution in [1.82, 2.24) is 5.32 Å². The predicted octanol–water partition coefficient (Wildman–Crippen LogP) is 2.91. The average molecular weight is 307 g/mol. The number of rotatable bonds is 5. The molecule has 0 aliphatic rings. The summed E-state index contributed by atoms with van der Waals surface area (Å²) in [6.07, 6.45) is 0.834. The van der Waals surface area contributed by atoms with Crippen LogP contribution in [0.1, 0.15) is 21.5 Å². The molecule has 3 nitrogen and oxygen atoms in total. The third kappa shape index (κ3) is 4.28. The van der Waals surface area contributed by atoms with Gasteiger partial charge in [0.15, 0.2) is 0 Å². The van der Waals surface area contributed by atoms with E-state index in [4.69, 9.17) is 17.3 Å². The zero-order chi connectivity index (χ0) is 15.2. The topological polar surface area (TPSA) is 55.1 Å². The molecule has 5 heteroatoms. The van der Waals surface area contributed by atoms with E-state index in [0.29, 0.717) is 18.7 Å². The molecule has 2 aromatic rings. The summed E-state index contributed by atoms with van der Waals surface area (Å²) in [5, 5.41) is 2.71. The molecule has 0 radical (unpaired) electrons. The minimum Gasteiger partial charge on any atom is -0.348 e. The highest BCUT2D eigenvalue weighted by atomic mass is 35.5. The highest BCUT2D eigenvalue weighted by molar-refractivity contribution is 6.31. The van der Waals surface area contributed by atoms with Gasteiger partial charge in [-0.2, -0.15) is 0 Å². The van der Waals surface area contributed by atoms with E-state index in [9.17, 15) is 9.18 Å². The SMILES string of the molecule is NCCc1ccc(CNC(=O)c2ccc(F)c(Cl)c2)cc1. The van der Waals surface area contributed by atoms with Crippen molar-refractivity contribution in [2.24, 2.45) is 5.73 Å². The quantitative estimate of drug-likeness (QED) is 0.892. The van der Waals surface area contributed by atoms with E-state index in [1.165, 1.54) is 18.2 Å². The van der Waals surface area contributed by atoms with Gasteiger partial charge in [0.2, 0.25) is 0 Å². The van der Waals surface area contributed by atoms with Gasteiger partial charge in [0.25, 0.3) is 5.91 Å². The van der Waals surface area contributed by atoms with Crippen LogP contribution in [-0.4, -0.2) is 12.5 Å². The standard InChI is InChI=1S/C16H16ClFN2O/c17-14-9-13(5-6-15(14)18)16(21)20-10-12-3-1-11(2-4-12)7-8-19/h1-6,9H,7-8,10,19H2,(H,20,21). The molecule has 110 valence electrons. The molecule has 0 saturated carbocycles. The Morgan fingerprint density at radius 2 is 1.81 bits per heavy atom. The van der Waals surface area contributed by atoms with Gasteiger partial charge in [-0.3, -0.25) is 4.79 Å². The van der Waals surface area contributed by atoms with Crippen molar-refractivity contribution >= 4 is 17.5 Å². The maximum Gasteiger partial charge on any atom is 0.251 e. The van der Waals surface area contributed by atoms with E-state index in [1.807, 2.05) is 24.3 Å². The van der Waals surface area contributed by atoms with E-state index in [0.717, 1.165) is 17.5 Å². The Labute approximate surface area is 127 Å². The highest BCUT2D eigenvalue weighted by Crippen LogP contribution is 2.16. The molecule has 0 bridgehead atoms. The van der Waals surface area contributed by atoms with Crippen molar-refractivity contribution < 1.29 is 9.18 Å². The zero-order valence-electron chi connectivity index (χ0n) is 11.4. The Balaban J connectivity index is 1.95. The molecule has 21 heavy (non-hydrogen) atoms. The maximum absolute atomic E-state index is 13.0. The Hall–Kier alpha value is -1.91. The van der Waals surface area contributed by atoms with Crippen molar-refractivity contribution in [2.45, 2.75) is 13.0 Å². The van der Waals surface area contributed by atoms with E-state index in [2.05, 4.69) is 5.32 Å². The number of halogens is 2. The van der Waals surface area contributed by atoms with Crippen LogP contribution in [0.5, 0.6) is 0 Å². The fourth-order valence-electron chi connectivity index (χ4n) is 1.91. The number of hydrogen-bond acceptors (Lipinski definition) is 2. The van der Waals surface area contributed by atoms with Gasteiger partial charge in [-0.05, 0) is 42.3 Å². The van der Waals surface area contributed by atoms with Crippen LogP contribution in [0.2, 0.25) is 5.02 Å². The molecule has 0 fully saturated rings. The summed E-state index contributed by atoms with van der Waals surface area (Å²) >= 11 is 5.66. The molecule has 0 aliphatic carbocycles. The Bertz CT molecular complexity index is 629. The van der Waals surface area contributed by atoms with Gasteiger partial charge in [-0.15, -0.1) is 0 Å². The molecule has 0 atom stereocenters. The number of carbonyl (C=O) groups is 1. The first-order valence-electron chi connectivity index (χ1n) is 6.61. The van der Waals surface area contributed by atoms with Crippen LogP contribution >= 0.6 is 11.6 Å². The number of nitrogens with one attached hydrogen (secondary N) is 1. The molecular formula is C16H16ClFN2O. The molecule has 1 amide bonds. The van der Waals surface area contributed by atoms with Gasteiger partial charge in [-0.1, -0.05) is 35.9 Å². The normalized spacial score (nSPS) is 10.4. The van der Waals surface area contributed by atoms with Crippen molar-refractivity contribution in [2.75, 3.05) is 6.54 Å². The number of nitrogens with two attached hydrogens (primary N) is 1. The van der Waals surface area contributed by atoms with Crippen LogP contribution in [0, 0.1) is 5.82 Å². The monoisotopic (exact) mass is 306 g/mol. The van der Waals surface area contributed by atoms with Gasteiger partial charge in [-0.25, -0.2) is 4.39 Å². The van der Waals surface area contributed by atoms with E-state index >= 15 is 0 Å². The smallest absolute Gasteiger partial charge is 0.251 e. The third-order valence-electron chi connectivity index (χ3n) is 3.09. The molecule has 3 N–H and O–H groups in total. The minimum absolute atomic E-state index is 0.0613. The third-order valence-corrected chi connectivity index (χ3v) is 3.38. The van der Waals surface area contributed by atoms with Gasteiger partial charge in [0, 0.05) is 12.1 Å². The van der Waals surface area contributed by atoms with Crippen molar-refractivity contribution in [3.05, 3.63) is 70.0 Å². The van der Waals surface area contributed by atoms with Crippen LogP contribution < -0.4 is 11.1 Å². The predicted molar refractivity (Wildman–Crippen MR) is 81.8 cm³/mol. The van der Waals surface area contributed by atoms with Crippen LogP contribution in [0.4, 0.5) is 4.39 Å². The zero-order valence-corrected chi connectivity index (χ0v) is 12.2. The van der Waals surface area contributed by atoms with Crippen molar-refractivity contribution in [3.63, 3.8) is 0 Å². The first-order valence-corrected chi connectivity index (χ1v) is 6.99. The summed E-state index contributed by atoms with van der Waals surface area (Å²) in [6, 6.07) is 11.8. The maximum atomic E-state index is 13.0. The van der Waals surface area contributed by atoms with Gasteiger partial charge < -0.3 is 11.1 Å². The Morgan fingerprint density at radius 3 is 2.43 bits per heavy atom. The van der Waals surface area contributed by atoms with E-state index in [-0.39, 0.29) is 10.9 Å². The average Bonchev–Trinajstić information content (AvgIpc) is 2.49. The number of benzene rings is 2. The summed E-state index contributed by atoms with van der Waals surface area (Å²) in [7, 11) is 0. The summed E-state index contributed by atoms with van der Waals surface area (Å²) in [5.41, 5.74) is 7.97. The van der Waals surface area contributed by atoms with Gasteiger partial charge in [0.1, 0.15) is 5.82 Å². The lowest BCUT2D eigenvalue weighted by molar-refractivity contribution is 0.0951.